The van der Waals surface area contributed by atoms with E-state index < -0.39 is 170 Å². The van der Waals surface area contributed by atoms with Gasteiger partial charge in [-0.15, -0.1) is 0 Å². The lowest BCUT2D eigenvalue weighted by molar-refractivity contribution is -0.369. The van der Waals surface area contributed by atoms with Crippen molar-refractivity contribution in [3.8, 4) is 0 Å². The average Bonchev–Trinajstić information content (AvgIpc) is 3.12. The molecule has 4 aliphatic rings. The third-order valence-electron chi connectivity index (χ3n) is 10.3. The van der Waals surface area contributed by atoms with E-state index in [1.165, 1.54) is 6.92 Å². The van der Waals surface area contributed by atoms with E-state index in [2.05, 4.69) is 10.6 Å². The second-order valence-electron chi connectivity index (χ2n) is 17.3. The molecular formula is C36H60N2O22. The van der Waals surface area contributed by atoms with Crippen LogP contribution < -0.4 is 10.6 Å². The molecule has 60 heavy (non-hydrogen) atoms. The van der Waals surface area contributed by atoms with Gasteiger partial charge in [0.05, 0.1) is 31.0 Å². The van der Waals surface area contributed by atoms with Crippen molar-refractivity contribution in [2.24, 2.45) is 5.41 Å². The van der Waals surface area contributed by atoms with Crippen LogP contribution in [-0.4, -0.2) is 216 Å². The summed E-state index contributed by atoms with van der Waals surface area (Å²) in [6, 6.07) is -2.93. The Morgan fingerprint density at radius 3 is 1.35 bits per heavy atom. The molecule has 24 nitrogen and oxygen atoms in total. The molecule has 20 atom stereocenters. The molecule has 4 rings (SSSR count). The minimum absolute atomic E-state index is 0.584. The van der Waals surface area contributed by atoms with E-state index >= 15 is 0 Å². The SMILES string of the molecule is CC(=O)NC1C(OC2C(C(=O)O)OC(OC3C(O)C(CO)OC(C(C)(C)C)C3NC(C)=O)C(O)C2O)OC(CO)C(O)C1OC1OC(C(=O)O)C(OC(C)(C)C)C(O)C1O. The lowest BCUT2D eigenvalue weighted by Gasteiger charge is -2.51. The number of aliphatic hydroxyl groups is 8. The molecular weight excluding hydrogens is 812 g/mol. The molecule has 0 aromatic heterocycles. The highest BCUT2D eigenvalue weighted by molar-refractivity contribution is 5.74. The first kappa shape index (κ1) is 49.9. The van der Waals surface area contributed by atoms with E-state index in [0.29, 0.717) is 0 Å². The first-order valence-corrected chi connectivity index (χ1v) is 19.3. The van der Waals surface area contributed by atoms with E-state index in [4.69, 9.17) is 37.9 Å². The predicted octanol–water partition coefficient (Wildman–Crippen LogP) is -5.36. The van der Waals surface area contributed by atoms with Crippen LogP contribution in [0.15, 0.2) is 0 Å². The molecule has 4 heterocycles. The average molecular weight is 873 g/mol. The summed E-state index contributed by atoms with van der Waals surface area (Å²) in [6.07, 6.45) is -33.4. The molecule has 20 unspecified atom stereocenters. The number of ether oxygens (including phenoxy) is 8. The number of carboxylic acid groups (broad SMARTS) is 2. The Labute approximate surface area is 344 Å². The Balaban J connectivity index is 1.65. The number of carbonyl (C=O) groups is 4. The topological polar surface area (TPSA) is 368 Å². The van der Waals surface area contributed by atoms with Crippen molar-refractivity contribution < 1.29 is 108 Å². The molecule has 24 heteroatoms. The molecule has 4 saturated heterocycles. The van der Waals surface area contributed by atoms with E-state index in [-0.39, 0.29) is 0 Å². The summed E-state index contributed by atoms with van der Waals surface area (Å²) in [7, 11) is 0. The number of hydrogen-bond donors (Lipinski definition) is 12. The van der Waals surface area contributed by atoms with Gasteiger partial charge in [-0.3, -0.25) is 9.59 Å². The molecule has 2 amide bonds. The summed E-state index contributed by atoms with van der Waals surface area (Å²) in [6.45, 7) is 10.4. The van der Waals surface area contributed by atoms with Gasteiger partial charge < -0.3 is 99.6 Å². The smallest absolute Gasteiger partial charge is 0.335 e. The third kappa shape index (κ3) is 11.2. The lowest BCUT2D eigenvalue weighted by Crippen LogP contribution is -2.71. The fourth-order valence-corrected chi connectivity index (χ4v) is 7.59. The van der Waals surface area contributed by atoms with Crippen LogP contribution in [0.3, 0.4) is 0 Å². The van der Waals surface area contributed by atoms with Gasteiger partial charge in [-0.2, -0.15) is 0 Å². The number of hydrogen-bond acceptors (Lipinski definition) is 20. The van der Waals surface area contributed by atoms with Crippen LogP contribution in [0, 0.1) is 5.41 Å². The van der Waals surface area contributed by atoms with Crippen molar-refractivity contribution in [1.82, 2.24) is 10.6 Å². The fraction of sp³-hybridized carbons (Fsp3) is 0.889. The standard InChI is InChI=1S/C36H60N2O22/c1-11(41)37-15-23(17(43)13(9-39)53-29(15)35(3,4)5)55-33-21(47)19(45)25(27(58-33)30(49)50)57-32-16(38-12(2)42)24(18(44)14(10-40)54-32)56-34-22(48)20(46)26(60-36(6,7)8)28(59-34)31(51)52/h13-29,32-34,39-40,43-48H,9-10H2,1-8H3,(H,37,41)(H,38,42)(H,49,50)(H,51,52). The third-order valence-corrected chi connectivity index (χ3v) is 10.3. The summed E-state index contributed by atoms with van der Waals surface area (Å²) in [5.41, 5.74) is -1.78. The number of amides is 2. The molecule has 4 aliphatic heterocycles. The second-order valence-corrected chi connectivity index (χ2v) is 17.3. The normalized spacial score (nSPS) is 42.9. The van der Waals surface area contributed by atoms with Gasteiger partial charge in [0.25, 0.3) is 0 Å². The molecule has 346 valence electrons. The van der Waals surface area contributed by atoms with E-state index in [0.717, 1.165) is 6.92 Å². The summed E-state index contributed by atoms with van der Waals surface area (Å²) in [4.78, 5) is 49.8. The molecule has 0 saturated carbocycles. The molecule has 0 aromatic carbocycles. The number of aliphatic hydroxyl groups excluding tert-OH is 8. The minimum Gasteiger partial charge on any atom is -0.479 e. The number of rotatable bonds is 13. The zero-order valence-corrected chi connectivity index (χ0v) is 34.3. The quantitative estimate of drug-likeness (QED) is 0.0822. The van der Waals surface area contributed by atoms with Gasteiger partial charge >= 0.3 is 11.9 Å². The molecule has 0 radical (unpaired) electrons. The van der Waals surface area contributed by atoms with Crippen molar-refractivity contribution in [3.05, 3.63) is 0 Å². The Kier molecular flexibility index (Phi) is 16.4. The predicted molar refractivity (Wildman–Crippen MR) is 194 cm³/mol. The fourth-order valence-electron chi connectivity index (χ4n) is 7.59. The van der Waals surface area contributed by atoms with Crippen LogP contribution in [0.4, 0.5) is 0 Å². The summed E-state index contributed by atoms with van der Waals surface area (Å²) < 4.78 is 46.0. The van der Waals surface area contributed by atoms with Crippen molar-refractivity contribution in [1.29, 1.82) is 0 Å². The monoisotopic (exact) mass is 872 g/mol. The van der Waals surface area contributed by atoms with Crippen LogP contribution in [-0.2, 0) is 57.1 Å². The first-order valence-electron chi connectivity index (χ1n) is 19.3. The Bertz CT molecular complexity index is 1490. The molecule has 0 bridgehead atoms. The van der Waals surface area contributed by atoms with Crippen LogP contribution in [0.25, 0.3) is 0 Å². The molecule has 0 spiro atoms. The maximum atomic E-state index is 12.7. The van der Waals surface area contributed by atoms with Crippen LogP contribution >= 0.6 is 0 Å². The minimum atomic E-state index is -2.25. The summed E-state index contributed by atoms with van der Waals surface area (Å²) in [5.74, 6) is -4.85. The Morgan fingerprint density at radius 1 is 0.533 bits per heavy atom. The van der Waals surface area contributed by atoms with Crippen LogP contribution in [0.1, 0.15) is 55.4 Å². The first-order chi connectivity index (χ1) is 27.7. The van der Waals surface area contributed by atoms with Crippen LogP contribution in [0.5, 0.6) is 0 Å². The zero-order valence-electron chi connectivity index (χ0n) is 34.3. The Morgan fingerprint density at radius 2 is 0.933 bits per heavy atom. The second kappa shape index (κ2) is 19.7. The van der Waals surface area contributed by atoms with E-state index in [1.807, 2.05) is 0 Å². The van der Waals surface area contributed by atoms with Gasteiger partial charge in [0.2, 0.25) is 11.8 Å². The number of nitrogens with one attached hydrogen (secondary N) is 2. The summed E-state index contributed by atoms with van der Waals surface area (Å²) >= 11 is 0. The largest absolute Gasteiger partial charge is 0.479 e. The van der Waals surface area contributed by atoms with E-state index in [1.54, 1.807) is 41.5 Å². The molecule has 12 N–H and O–H groups in total. The van der Waals surface area contributed by atoms with Gasteiger partial charge in [0, 0.05) is 13.8 Å². The zero-order chi connectivity index (χ0) is 45.3. The highest BCUT2D eigenvalue weighted by atomic mass is 16.8. The highest BCUT2D eigenvalue weighted by Crippen LogP contribution is 2.38. The van der Waals surface area contributed by atoms with Gasteiger partial charge in [-0.1, -0.05) is 20.8 Å². The maximum absolute atomic E-state index is 12.7. The van der Waals surface area contributed by atoms with Crippen molar-refractivity contribution >= 4 is 23.8 Å². The summed E-state index contributed by atoms with van der Waals surface area (Å²) in [5, 5.41) is 113. The molecule has 0 aliphatic carbocycles. The van der Waals surface area contributed by atoms with Gasteiger partial charge in [-0.25, -0.2) is 9.59 Å². The molecule has 0 aromatic rings. The van der Waals surface area contributed by atoms with E-state index in [9.17, 15) is 70.2 Å². The van der Waals surface area contributed by atoms with Gasteiger partial charge in [-0.05, 0) is 26.2 Å². The lowest BCUT2D eigenvalue weighted by atomic mass is 9.78. The number of carbonyl (C=O) groups excluding carboxylic acids is 2. The van der Waals surface area contributed by atoms with Crippen LogP contribution in [0.2, 0.25) is 0 Å². The van der Waals surface area contributed by atoms with Crippen molar-refractivity contribution in [2.75, 3.05) is 13.2 Å². The molecule has 4 fully saturated rings. The van der Waals surface area contributed by atoms with Crippen molar-refractivity contribution in [3.63, 3.8) is 0 Å². The maximum Gasteiger partial charge on any atom is 0.335 e. The van der Waals surface area contributed by atoms with Gasteiger partial charge in [0.15, 0.2) is 31.1 Å². The highest BCUT2D eigenvalue weighted by Gasteiger charge is 2.58. The van der Waals surface area contributed by atoms with Gasteiger partial charge in [0.1, 0.15) is 79.3 Å². The Hall–Kier alpha value is -2.76. The van der Waals surface area contributed by atoms with Crippen molar-refractivity contribution in [2.45, 2.75) is 184 Å². The number of carboxylic acids is 2. The number of aliphatic carboxylic acids is 2.